The number of hydrogen-bond donors (Lipinski definition) is 0. The molecule has 0 saturated carbocycles. The van der Waals surface area contributed by atoms with E-state index in [9.17, 15) is 9.59 Å². The minimum atomic E-state index is -0.514. The number of allylic oxidation sites excluding steroid dienone is 4. The van der Waals surface area contributed by atoms with Gasteiger partial charge in [-0.3, -0.25) is 9.59 Å². The van der Waals surface area contributed by atoms with E-state index in [0.717, 1.165) is 0 Å². The lowest BCUT2D eigenvalue weighted by Crippen LogP contribution is -2.06. The summed E-state index contributed by atoms with van der Waals surface area (Å²) in [7, 11) is 0. The maximum absolute atomic E-state index is 11.5. The van der Waals surface area contributed by atoms with Gasteiger partial charge >= 0.3 is 5.91 Å². The Labute approximate surface area is 95.9 Å². The number of halogens is 1. The fourth-order valence-corrected chi connectivity index (χ4v) is 1.31. The van der Waals surface area contributed by atoms with Crippen LogP contribution >= 0.6 is 11.6 Å². The van der Waals surface area contributed by atoms with E-state index < -0.39 is 5.91 Å². The molecule has 4 nitrogen and oxygen atoms in total. The zero-order chi connectivity index (χ0) is 11.5. The third-order valence-electron chi connectivity index (χ3n) is 1.88. The summed E-state index contributed by atoms with van der Waals surface area (Å²) in [6.45, 7) is 0. The van der Waals surface area contributed by atoms with Crippen molar-refractivity contribution in [1.29, 1.82) is 0 Å². The van der Waals surface area contributed by atoms with Crippen molar-refractivity contribution in [2.45, 2.75) is 0 Å². The SMILES string of the molecule is O=C1C=CC(=NC(=O)c2ccco2)C=C1Cl. The number of amides is 1. The summed E-state index contributed by atoms with van der Waals surface area (Å²) in [6, 6.07) is 3.10. The Kier molecular flexibility index (Phi) is 2.83. The van der Waals surface area contributed by atoms with E-state index in [1.807, 2.05) is 0 Å². The van der Waals surface area contributed by atoms with Crippen LogP contribution in [0.25, 0.3) is 0 Å². The maximum Gasteiger partial charge on any atom is 0.313 e. The summed E-state index contributed by atoms with van der Waals surface area (Å²) >= 11 is 5.61. The van der Waals surface area contributed by atoms with Gasteiger partial charge in [0.25, 0.3) is 0 Å². The second-order valence-electron chi connectivity index (χ2n) is 3.01. The fourth-order valence-electron chi connectivity index (χ4n) is 1.13. The number of ketones is 1. The van der Waals surface area contributed by atoms with Crippen LogP contribution in [0.15, 0.2) is 51.1 Å². The van der Waals surface area contributed by atoms with Crippen LogP contribution in [0.4, 0.5) is 0 Å². The Bertz CT molecular complexity index is 523. The highest BCUT2D eigenvalue weighted by atomic mass is 35.5. The first kappa shape index (κ1) is 10.6. The molecule has 0 bridgehead atoms. The summed E-state index contributed by atoms with van der Waals surface area (Å²) in [5, 5.41) is 0.0356. The van der Waals surface area contributed by atoms with Crippen LogP contribution in [-0.2, 0) is 4.79 Å². The van der Waals surface area contributed by atoms with E-state index in [1.165, 1.54) is 30.6 Å². The normalized spacial score (nSPS) is 17.7. The van der Waals surface area contributed by atoms with Crippen molar-refractivity contribution in [3.63, 3.8) is 0 Å². The summed E-state index contributed by atoms with van der Waals surface area (Å²) in [4.78, 5) is 26.2. The number of furan rings is 1. The monoisotopic (exact) mass is 235 g/mol. The van der Waals surface area contributed by atoms with E-state index >= 15 is 0 Å². The van der Waals surface area contributed by atoms with Crippen LogP contribution in [0, 0.1) is 0 Å². The molecule has 0 saturated heterocycles. The summed E-state index contributed by atoms with van der Waals surface area (Å²) in [5.41, 5.74) is 0.325. The second-order valence-corrected chi connectivity index (χ2v) is 3.42. The van der Waals surface area contributed by atoms with Crippen molar-refractivity contribution in [3.05, 3.63) is 47.4 Å². The highest BCUT2D eigenvalue weighted by Gasteiger charge is 2.12. The van der Waals surface area contributed by atoms with Crippen LogP contribution in [-0.4, -0.2) is 17.4 Å². The van der Waals surface area contributed by atoms with Gasteiger partial charge in [0.1, 0.15) is 0 Å². The number of carbonyl (C=O) groups is 2. The quantitative estimate of drug-likeness (QED) is 0.701. The number of carbonyl (C=O) groups excluding carboxylic acids is 2. The summed E-state index contributed by atoms with van der Waals surface area (Å²) in [5.74, 6) is -0.673. The molecular weight excluding hydrogens is 230 g/mol. The van der Waals surface area contributed by atoms with Crippen LogP contribution in [0.5, 0.6) is 0 Å². The maximum atomic E-state index is 11.5. The average molecular weight is 236 g/mol. The van der Waals surface area contributed by atoms with E-state index in [-0.39, 0.29) is 16.6 Å². The lowest BCUT2D eigenvalue weighted by Gasteiger charge is -2.00. The molecule has 0 atom stereocenters. The second kappa shape index (κ2) is 4.28. The summed E-state index contributed by atoms with van der Waals surface area (Å²) < 4.78 is 4.88. The van der Waals surface area contributed by atoms with Crippen molar-refractivity contribution in [3.8, 4) is 0 Å². The van der Waals surface area contributed by atoms with Crippen molar-refractivity contribution in [2.75, 3.05) is 0 Å². The number of rotatable bonds is 1. The lowest BCUT2D eigenvalue weighted by molar-refractivity contribution is -0.110. The smallest absolute Gasteiger partial charge is 0.313 e. The molecule has 1 heterocycles. The van der Waals surface area contributed by atoms with E-state index in [1.54, 1.807) is 6.07 Å². The molecule has 0 unspecified atom stereocenters. The van der Waals surface area contributed by atoms with Gasteiger partial charge in [-0.25, -0.2) is 4.99 Å². The minimum Gasteiger partial charge on any atom is -0.459 e. The third kappa shape index (κ3) is 2.17. The molecule has 0 spiro atoms. The molecule has 1 aliphatic carbocycles. The molecule has 0 aliphatic heterocycles. The van der Waals surface area contributed by atoms with Gasteiger partial charge in [0.05, 0.1) is 17.0 Å². The van der Waals surface area contributed by atoms with Gasteiger partial charge in [-0.2, -0.15) is 0 Å². The molecule has 0 N–H and O–H groups in total. The first-order valence-corrected chi connectivity index (χ1v) is 4.81. The van der Waals surface area contributed by atoms with Crippen molar-refractivity contribution in [1.82, 2.24) is 0 Å². The molecule has 1 aliphatic rings. The Morgan fingerprint density at radius 1 is 1.38 bits per heavy atom. The zero-order valence-electron chi connectivity index (χ0n) is 8.01. The van der Waals surface area contributed by atoms with E-state index in [0.29, 0.717) is 5.71 Å². The zero-order valence-corrected chi connectivity index (χ0v) is 8.77. The van der Waals surface area contributed by atoms with Crippen LogP contribution < -0.4 is 0 Å². The van der Waals surface area contributed by atoms with Crippen LogP contribution in [0.1, 0.15) is 10.6 Å². The fraction of sp³-hybridized carbons (Fsp3) is 0. The lowest BCUT2D eigenvalue weighted by atomic mass is 10.1. The number of nitrogens with zero attached hydrogens (tertiary/aromatic N) is 1. The Morgan fingerprint density at radius 3 is 2.81 bits per heavy atom. The van der Waals surface area contributed by atoms with Gasteiger partial charge in [0.2, 0.25) is 0 Å². The molecule has 16 heavy (non-hydrogen) atoms. The van der Waals surface area contributed by atoms with E-state index in [2.05, 4.69) is 4.99 Å². The topological polar surface area (TPSA) is 59.6 Å². The third-order valence-corrected chi connectivity index (χ3v) is 2.17. The van der Waals surface area contributed by atoms with Crippen LogP contribution in [0.2, 0.25) is 0 Å². The molecule has 1 amide bonds. The predicted octanol–water partition coefficient (Wildman–Crippen LogP) is 2.12. The molecule has 1 aromatic rings. The summed E-state index contributed by atoms with van der Waals surface area (Å²) in [6.07, 6.45) is 5.41. The molecule has 1 aromatic heterocycles. The first-order chi connectivity index (χ1) is 7.66. The van der Waals surface area contributed by atoms with Crippen molar-refractivity contribution in [2.24, 2.45) is 4.99 Å². The molecule has 5 heteroatoms. The highest BCUT2D eigenvalue weighted by molar-refractivity contribution is 6.47. The molecule has 2 rings (SSSR count). The predicted molar refractivity (Wildman–Crippen MR) is 58.6 cm³/mol. The standard InChI is InChI=1S/C11H6ClNO3/c12-8-6-7(3-4-9(8)14)13-11(15)10-2-1-5-16-10/h1-6H. The van der Waals surface area contributed by atoms with E-state index in [4.69, 9.17) is 16.0 Å². The largest absolute Gasteiger partial charge is 0.459 e. The van der Waals surface area contributed by atoms with Gasteiger partial charge in [0, 0.05) is 0 Å². The number of aliphatic imine (C=N–C) groups is 1. The first-order valence-electron chi connectivity index (χ1n) is 4.43. The number of hydrogen-bond acceptors (Lipinski definition) is 3. The highest BCUT2D eigenvalue weighted by Crippen LogP contribution is 2.11. The molecule has 80 valence electrons. The Morgan fingerprint density at radius 2 is 2.19 bits per heavy atom. The van der Waals surface area contributed by atoms with Crippen LogP contribution in [0.3, 0.4) is 0 Å². The molecular formula is C11H6ClNO3. The molecule has 0 aromatic carbocycles. The van der Waals surface area contributed by atoms with Gasteiger partial charge < -0.3 is 4.42 Å². The van der Waals surface area contributed by atoms with Gasteiger partial charge in [0.15, 0.2) is 11.5 Å². The average Bonchev–Trinajstić information content (AvgIpc) is 2.77. The Balaban J connectivity index is 2.24. The van der Waals surface area contributed by atoms with Gasteiger partial charge in [-0.15, -0.1) is 0 Å². The minimum absolute atomic E-state index is 0.0356. The van der Waals surface area contributed by atoms with Crippen molar-refractivity contribution < 1.29 is 14.0 Å². The molecule has 0 radical (unpaired) electrons. The Hall–Kier alpha value is -1.94. The molecule has 0 fully saturated rings. The van der Waals surface area contributed by atoms with Gasteiger partial charge in [-0.1, -0.05) is 11.6 Å². The van der Waals surface area contributed by atoms with Crippen molar-refractivity contribution >= 4 is 29.0 Å². The van der Waals surface area contributed by atoms with Gasteiger partial charge in [-0.05, 0) is 30.4 Å².